The molecule has 25 heavy (non-hydrogen) atoms. The van der Waals surface area contributed by atoms with Gasteiger partial charge in [-0.1, -0.05) is 18.2 Å². The molecule has 130 valence electrons. The number of amides is 2. The van der Waals surface area contributed by atoms with Gasteiger partial charge in [0.1, 0.15) is 11.6 Å². The fourth-order valence-electron chi connectivity index (χ4n) is 2.41. The van der Waals surface area contributed by atoms with Gasteiger partial charge in [-0.2, -0.15) is 0 Å². The van der Waals surface area contributed by atoms with Gasteiger partial charge in [0.2, 0.25) is 0 Å². The summed E-state index contributed by atoms with van der Waals surface area (Å²) in [7, 11) is 0. The minimum absolute atomic E-state index is 0. The maximum absolute atomic E-state index is 11.6. The van der Waals surface area contributed by atoms with Crippen LogP contribution in [0.1, 0.15) is 12.5 Å². The van der Waals surface area contributed by atoms with Crippen LogP contribution in [0.5, 0.6) is 0 Å². The zero-order valence-corrected chi connectivity index (χ0v) is 14.9. The molecule has 3 rings (SSSR count). The zero-order chi connectivity index (χ0) is 16.9. The molecule has 0 fully saturated rings. The highest BCUT2D eigenvalue weighted by atomic mass is 35.5. The number of nitrogens with one attached hydrogen (secondary N) is 3. The van der Waals surface area contributed by atoms with Gasteiger partial charge in [-0.25, -0.2) is 14.8 Å². The first kappa shape index (κ1) is 18.5. The van der Waals surface area contributed by atoms with Crippen molar-refractivity contribution in [3.63, 3.8) is 0 Å². The van der Waals surface area contributed by atoms with Crippen molar-refractivity contribution in [1.29, 1.82) is 0 Å². The monoisotopic (exact) mass is 357 g/mol. The minimum Gasteiger partial charge on any atom is -0.339 e. The lowest BCUT2D eigenvalue weighted by molar-refractivity contribution is 0.252. The van der Waals surface area contributed by atoms with E-state index in [1.54, 1.807) is 12.4 Å². The van der Waals surface area contributed by atoms with Crippen molar-refractivity contribution in [2.24, 2.45) is 0 Å². The van der Waals surface area contributed by atoms with Gasteiger partial charge < -0.3 is 10.6 Å². The van der Waals surface area contributed by atoms with Crippen LogP contribution in [-0.4, -0.2) is 22.5 Å². The van der Waals surface area contributed by atoms with Crippen LogP contribution in [-0.2, 0) is 0 Å². The zero-order valence-electron chi connectivity index (χ0n) is 14.0. The second-order valence-electron chi connectivity index (χ2n) is 5.37. The van der Waals surface area contributed by atoms with E-state index in [0.29, 0.717) is 12.4 Å². The predicted molar refractivity (Wildman–Crippen MR) is 104 cm³/mol. The van der Waals surface area contributed by atoms with Crippen LogP contribution in [0.2, 0.25) is 0 Å². The fourth-order valence-corrected chi connectivity index (χ4v) is 2.41. The predicted octanol–water partition coefficient (Wildman–Crippen LogP) is 4.25. The highest BCUT2D eigenvalue weighted by Crippen LogP contribution is 2.27. The molecular formula is C18H20ClN5O. The molecule has 0 saturated heterocycles. The highest BCUT2D eigenvalue weighted by Gasteiger charge is 2.07. The van der Waals surface area contributed by atoms with Gasteiger partial charge in [-0.15, -0.1) is 12.4 Å². The number of halogens is 1. The third-order valence-electron chi connectivity index (χ3n) is 3.61. The summed E-state index contributed by atoms with van der Waals surface area (Å²) in [5.41, 5.74) is 1.99. The molecule has 0 bridgehead atoms. The number of anilines is 3. The standard InChI is InChI=1S/C18H19N5O.ClH/c1-3-19-18(24)23-16-10-13-7-4-8-15(14(13)11-21-16)22-17-12(2)6-5-9-20-17;/h4-11H,3H2,1-2H3,(H,20,22)(H2,19,21,23,24);1H. The largest absolute Gasteiger partial charge is 0.339 e. The van der Waals surface area contributed by atoms with E-state index in [1.807, 2.05) is 50.2 Å². The van der Waals surface area contributed by atoms with Gasteiger partial charge in [0.05, 0.1) is 0 Å². The Morgan fingerprint density at radius 1 is 1.16 bits per heavy atom. The van der Waals surface area contributed by atoms with Crippen molar-refractivity contribution in [2.75, 3.05) is 17.2 Å². The summed E-state index contributed by atoms with van der Waals surface area (Å²) in [6, 6.07) is 11.4. The molecule has 0 saturated carbocycles. The molecule has 0 unspecified atom stereocenters. The number of fused-ring (bicyclic) bond motifs is 1. The third-order valence-corrected chi connectivity index (χ3v) is 3.61. The van der Waals surface area contributed by atoms with E-state index >= 15 is 0 Å². The second kappa shape index (κ2) is 8.30. The summed E-state index contributed by atoms with van der Waals surface area (Å²) >= 11 is 0. The molecule has 3 aromatic rings. The first-order valence-corrected chi connectivity index (χ1v) is 7.79. The molecule has 0 atom stereocenters. The van der Waals surface area contributed by atoms with Crippen LogP contribution < -0.4 is 16.0 Å². The lowest BCUT2D eigenvalue weighted by atomic mass is 10.1. The van der Waals surface area contributed by atoms with E-state index in [4.69, 9.17) is 0 Å². The second-order valence-corrected chi connectivity index (χ2v) is 5.37. The quantitative estimate of drug-likeness (QED) is 0.652. The number of carbonyl (C=O) groups is 1. The molecule has 3 N–H and O–H groups in total. The molecule has 2 aromatic heterocycles. The van der Waals surface area contributed by atoms with Gasteiger partial charge in [0.25, 0.3) is 0 Å². The Balaban J connectivity index is 0.00000225. The van der Waals surface area contributed by atoms with E-state index < -0.39 is 0 Å². The summed E-state index contributed by atoms with van der Waals surface area (Å²) in [6.45, 7) is 4.44. The van der Waals surface area contributed by atoms with Crippen LogP contribution in [0.15, 0.2) is 48.8 Å². The number of aromatic nitrogens is 2. The van der Waals surface area contributed by atoms with Crippen molar-refractivity contribution < 1.29 is 4.79 Å². The molecule has 0 aliphatic heterocycles. The highest BCUT2D eigenvalue weighted by molar-refractivity contribution is 5.97. The number of nitrogens with zero attached hydrogens (tertiary/aromatic N) is 2. The number of pyridine rings is 2. The number of carbonyl (C=O) groups excluding carboxylic acids is 1. The number of hydrogen-bond donors (Lipinski definition) is 3. The fraction of sp³-hybridized carbons (Fsp3) is 0.167. The lowest BCUT2D eigenvalue weighted by Crippen LogP contribution is -2.28. The van der Waals surface area contributed by atoms with Gasteiger partial charge >= 0.3 is 6.03 Å². The molecule has 6 nitrogen and oxygen atoms in total. The molecule has 0 aliphatic carbocycles. The maximum Gasteiger partial charge on any atom is 0.320 e. The van der Waals surface area contributed by atoms with E-state index in [1.165, 1.54) is 0 Å². The van der Waals surface area contributed by atoms with Crippen molar-refractivity contribution in [1.82, 2.24) is 15.3 Å². The van der Waals surface area contributed by atoms with Gasteiger partial charge in [-0.05, 0) is 43.0 Å². The Hall–Kier alpha value is -2.86. The molecule has 7 heteroatoms. The summed E-state index contributed by atoms with van der Waals surface area (Å²) in [4.78, 5) is 20.3. The Bertz CT molecular complexity index is 884. The Morgan fingerprint density at radius 3 is 2.76 bits per heavy atom. The van der Waals surface area contributed by atoms with E-state index in [9.17, 15) is 4.79 Å². The number of aryl methyl sites for hydroxylation is 1. The number of benzene rings is 1. The first-order valence-electron chi connectivity index (χ1n) is 7.79. The van der Waals surface area contributed by atoms with Crippen LogP contribution in [0.3, 0.4) is 0 Å². The topological polar surface area (TPSA) is 78.9 Å². The average molecular weight is 358 g/mol. The van der Waals surface area contributed by atoms with Gasteiger partial charge in [0.15, 0.2) is 0 Å². The molecular weight excluding hydrogens is 338 g/mol. The summed E-state index contributed by atoms with van der Waals surface area (Å²) in [5, 5.41) is 10.7. The first-order chi connectivity index (χ1) is 11.7. The number of hydrogen-bond acceptors (Lipinski definition) is 4. The summed E-state index contributed by atoms with van der Waals surface area (Å²) in [5.74, 6) is 1.33. The van der Waals surface area contributed by atoms with Crippen molar-refractivity contribution in [3.05, 3.63) is 54.4 Å². The minimum atomic E-state index is -0.261. The van der Waals surface area contributed by atoms with Crippen molar-refractivity contribution in [2.45, 2.75) is 13.8 Å². The maximum atomic E-state index is 11.6. The molecule has 2 amide bonds. The molecule has 0 radical (unpaired) electrons. The van der Waals surface area contributed by atoms with Crippen LogP contribution in [0.4, 0.5) is 22.1 Å². The van der Waals surface area contributed by atoms with E-state index in [2.05, 4.69) is 25.9 Å². The SMILES string of the molecule is CCNC(=O)Nc1cc2cccc(Nc3ncccc3C)c2cn1.Cl. The number of rotatable bonds is 4. The molecule has 1 aromatic carbocycles. The molecule has 0 spiro atoms. The Labute approximate surface area is 152 Å². The molecule has 2 heterocycles. The summed E-state index contributed by atoms with van der Waals surface area (Å²) in [6.07, 6.45) is 3.50. The van der Waals surface area contributed by atoms with Crippen LogP contribution in [0.25, 0.3) is 10.8 Å². The smallest absolute Gasteiger partial charge is 0.320 e. The number of urea groups is 1. The van der Waals surface area contributed by atoms with Crippen LogP contribution >= 0.6 is 12.4 Å². The average Bonchev–Trinajstić information content (AvgIpc) is 2.57. The van der Waals surface area contributed by atoms with E-state index in [0.717, 1.165) is 27.8 Å². The van der Waals surface area contributed by atoms with Crippen LogP contribution in [0, 0.1) is 6.92 Å². The molecule has 0 aliphatic rings. The van der Waals surface area contributed by atoms with Gasteiger partial charge in [-0.3, -0.25) is 5.32 Å². The normalized spacial score (nSPS) is 10.0. The Morgan fingerprint density at radius 2 is 2.00 bits per heavy atom. The van der Waals surface area contributed by atoms with Crippen molar-refractivity contribution in [3.8, 4) is 0 Å². The van der Waals surface area contributed by atoms with Crippen molar-refractivity contribution >= 4 is 46.5 Å². The lowest BCUT2D eigenvalue weighted by Gasteiger charge is -2.12. The summed E-state index contributed by atoms with van der Waals surface area (Å²) < 4.78 is 0. The Kier molecular flexibility index (Phi) is 6.14. The third kappa shape index (κ3) is 4.36. The van der Waals surface area contributed by atoms with Gasteiger partial charge in [0, 0.05) is 30.0 Å². The van der Waals surface area contributed by atoms with E-state index in [-0.39, 0.29) is 18.4 Å².